The number of carbonyl (C=O) groups is 1. The Labute approximate surface area is 92.8 Å². The van der Waals surface area contributed by atoms with E-state index in [0.29, 0.717) is 12.2 Å². The number of hydrogen-bond donors (Lipinski definition) is 1. The normalized spacial score (nSPS) is 29.2. The molecule has 0 spiro atoms. The predicted octanol–water partition coefficient (Wildman–Crippen LogP) is 0.480. The van der Waals surface area contributed by atoms with Gasteiger partial charge in [0.05, 0.1) is 32.2 Å². The van der Waals surface area contributed by atoms with Crippen LogP contribution in [0.1, 0.15) is 13.3 Å². The first-order valence-corrected chi connectivity index (χ1v) is 5.02. The second-order valence-corrected chi connectivity index (χ2v) is 3.99. The molecule has 0 bridgehead atoms. The highest BCUT2D eigenvalue weighted by molar-refractivity contribution is 5.77. The SMILES string of the molecule is COc1cnn(C2(C(=O)O)COC(C)C2)c1. The molecule has 0 aliphatic carbocycles. The highest BCUT2D eigenvalue weighted by atomic mass is 16.5. The molecule has 2 atom stereocenters. The van der Waals surface area contributed by atoms with E-state index in [-0.39, 0.29) is 12.7 Å². The molecule has 2 unspecified atom stereocenters. The summed E-state index contributed by atoms with van der Waals surface area (Å²) in [6.45, 7) is 1.99. The Morgan fingerprint density at radius 3 is 3.00 bits per heavy atom. The number of ether oxygens (including phenoxy) is 2. The first-order valence-electron chi connectivity index (χ1n) is 5.02. The fraction of sp³-hybridized carbons (Fsp3) is 0.600. The number of aliphatic carboxylic acids is 1. The van der Waals surface area contributed by atoms with Gasteiger partial charge in [0, 0.05) is 6.42 Å². The third-order valence-electron chi connectivity index (χ3n) is 2.86. The molecule has 2 heterocycles. The van der Waals surface area contributed by atoms with Crippen LogP contribution in [0.2, 0.25) is 0 Å². The van der Waals surface area contributed by atoms with Gasteiger partial charge in [-0.15, -0.1) is 0 Å². The molecule has 1 N–H and O–H groups in total. The Morgan fingerprint density at radius 2 is 2.56 bits per heavy atom. The van der Waals surface area contributed by atoms with Crippen LogP contribution in [0.25, 0.3) is 0 Å². The molecule has 1 fully saturated rings. The van der Waals surface area contributed by atoms with Gasteiger partial charge >= 0.3 is 5.97 Å². The molecule has 1 aliphatic rings. The molecule has 6 nitrogen and oxygen atoms in total. The minimum atomic E-state index is -1.10. The van der Waals surface area contributed by atoms with E-state index in [2.05, 4.69) is 5.10 Å². The van der Waals surface area contributed by atoms with E-state index in [1.54, 1.807) is 6.20 Å². The first kappa shape index (κ1) is 10.9. The van der Waals surface area contributed by atoms with Gasteiger partial charge in [-0.25, -0.2) is 9.48 Å². The van der Waals surface area contributed by atoms with Crippen LogP contribution in [0.3, 0.4) is 0 Å². The van der Waals surface area contributed by atoms with Crippen LogP contribution in [0.5, 0.6) is 5.75 Å². The van der Waals surface area contributed by atoms with E-state index >= 15 is 0 Å². The summed E-state index contributed by atoms with van der Waals surface area (Å²) in [4.78, 5) is 11.4. The molecule has 1 aromatic heterocycles. The largest absolute Gasteiger partial charge is 0.493 e. The molecule has 0 aromatic carbocycles. The molecule has 88 valence electrons. The standard InChI is InChI=1S/C10H14N2O4/c1-7-3-10(6-16-7,9(13)14)12-5-8(15-2)4-11-12/h4-5,7H,3,6H2,1-2H3,(H,13,14). The summed E-state index contributed by atoms with van der Waals surface area (Å²) in [7, 11) is 1.52. The average Bonchev–Trinajstić information content (AvgIpc) is 2.84. The molecular formula is C10H14N2O4. The lowest BCUT2D eigenvalue weighted by atomic mass is 9.97. The van der Waals surface area contributed by atoms with E-state index in [1.165, 1.54) is 18.0 Å². The van der Waals surface area contributed by atoms with Crippen LogP contribution >= 0.6 is 0 Å². The summed E-state index contributed by atoms with van der Waals surface area (Å²) in [5.41, 5.74) is -1.10. The monoisotopic (exact) mass is 226 g/mol. The predicted molar refractivity (Wildman–Crippen MR) is 54.4 cm³/mol. The van der Waals surface area contributed by atoms with E-state index in [1.807, 2.05) is 6.92 Å². The number of methoxy groups -OCH3 is 1. The van der Waals surface area contributed by atoms with Crippen LogP contribution in [0.15, 0.2) is 12.4 Å². The molecule has 0 saturated carbocycles. The van der Waals surface area contributed by atoms with Crippen molar-refractivity contribution in [3.63, 3.8) is 0 Å². The van der Waals surface area contributed by atoms with E-state index in [4.69, 9.17) is 9.47 Å². The molecule has 1 aliphatic heterocycles. The lowest BCUT2D eigenvalue weighted by Crippen LogP contribution is -2.43. The minimum Gasteiger partial charge on any atom is -0.493 e. The van der Waals surface area contributed by atoms with Crippen molar-refractivity contribution in [1.82, 2.24) is 9.78 Å². The van der Waals surface area contributed by atoms with Crippen molar-refractivity contribution in [3.05, 3.63) is 12.4 Å². The van der Waals surface area contributed by atoms with Gasteiger partial charge < -0.3 is 14.6 Å². The summed E-state index contributed by atoms with van der Waals surface area (Å²) in [6, 6.07) is 0. The molecule has 1 saturated heterocycles. The fourth-order valence-electron chi connectivity index (χ4n) is 1.93. The van der Waals surface area contributed by atoms with Crippen molar-refractivity contribution in [2.45, 2.75) is 25.0 Å². The molecule has 0 amide bonds. The van der Waals surface area contributed by atoms with Crippen molar-refractivity contribution < 1.29 is 19.4 Å². The maximum atomic E-state index is 11.4. The zero-order valence-corrected chi connectivity index (χ0v) is 9.21. The van der Waals surface area contributed by atoms with Crippen LogP contribution in [-0.4, -0.2) is 40.7 Å². The minimum absolute atomic E-state index is 0.0775. The number of carboxylic acids is 1. The van der Waals surface area contributed by atoms with Crippen LogP contribution in [0.4, 0.5) is 0 Å². The van der Waals surface area contributed by atoms with Gasteiger partial charge in [-0.05, 0) is 6.92 Å². The summed E-state index contributed by atoms with van der Waals surface area (Å²) in [6.07, 6.45) is 3.40. The molecular weight excluding hydrogens is 212 g/mol. The van der Waals surface area contributed by atoms with Crippen LogP contribution in [-0.2, 0) is 15.1 Å². The Balaban J connectivity index is 2.36. The van der Waals surface area contributed by atoms with Crippen LogP contribution < -0.4 is 4.74 Å². The Morgan fingerprint density at radius 1 is 1.81 bits per heavy atom. The summed E-state index contributed by atoms with van der Waals surface area (Å²) in [5, 5.41) is 13.4. The van der Waals surface area contributed by atoms with Gasteiger partial charge in [0.15, 0.2) is 11.3 Å². The topological polar surface area (TPSA) is 73.6 Å². The third kappa shape index (κ3) is 1.55. The van der Waals surface area contributed by atoms with Crippen molar-refractivity contribution in [2.24, 2.45) is 0 Å². The average molecular weight is 226 g/mol. The second-order valence-electron chi connectivity index (χ2n) is 3.99. The summed E-state index contributed by atoms with van der Waals surface area (Å²) < 4.78 is 11.7. The van der Waals surface area contributed by atoms with Gasteiger partial charge in [0.25, 0.3) is 0 Å². The maximum absolute atomic E-state index is 11.4. The van der Waals surface area contributed by atoms with Crippen molar-refractivity contribution in [1.29, 1.82) is 0 Å². The quantitative estimate of drug-likeness (QED) is 0.811. The van der Waals surface area contributed by atoms with Gasteiger partial charge in [0.2, 0.25) is 0 Å². The molecule has 6 heteroatoms. The van der Waals surface area contributed by atoms with Gasteiger partial charge in [-0.1, -0.05) is 0 Å². The molecule has 1 aromatic rings. The molecule has 16 heavy (non-hydrogen) atoms. The highest BCUT2D eigenvalue weighted by Gasteiger charge is 2.48. The number of hydrogen-bond acceptors (Lipinski definition) is 4. The van der Waals surface area contributed by atoms with E-state index in [0.717, 1.165) is 0 Å². The van der Waals surface area contributed by atoms with Gasteiger partial charge in [-0.3, -0.25) is 0 Å². The number of rotatable bonds is 3. The lowest BCUT2D eigenvalue weighted by Gasteiger charge is -2.22. The van der Waals surface area contributed by atoms with Crippen molar-refractivity contribution in [2.75, 3.05) is 13.7 Å². The third-order valence-corrected chi connectivity index (χ3v) is 2.86. The summed E-state index contributed by atoms with van der Waals surface area (Å²) in [5.74, 6) is -0.386. The molecule has 0 radical (unpaired) electrons. The zero-order chi connectivity index (χ0) is 11.8. The Kier molecular flexibility index (Phi) is 2.59. The zero-order valence-electron chi connectivity index (χ0n) is 9.21. The maximum Gasteiger partial charge on any atom is 0.334 e. The number of carboxylic acid groups (broad SMARTS) is 1. The highest BCUT2D eigenvalue weighted by Crippen LogP contribution is 2.32. The Bertz CT molecular complexity index is 403. The summed E-state index contributed by atoms with van der Waals surface area (Å²) >= 11 is 0. The number of aromatic nitrogens is 2. The van der Waals surface area contributed by atoms with Crippen LogP contribution in [0, 0.1) is 0 Å². The van der Waals surface area contributed by atoms with E-state index < -0.39 is 11.5 Å². The molecule has 2 rings (SSSR count). The number of nitrogens with zero attached hydrogens (tertiary/aromatic N) is 2. The van der Waals surface area contributed by atoms with E-state index in [9.17, 15) is 9.90 Å². The van der Waals surface area contributed by atoms with Crippen molar-refractivity contribution in [3.8, 4) is 5.75 Å². The smallest absolute Gasteiger partial charge is 0.334 e. The van der Waals surface area contributed by atoms with Crippen molar-refractivity contribution >= 4 is 5.97 Å². The second kappa shape index (κ2) is 3.79. The lowest BCUT2D eigenvalue weighted by molar-refractivity contribution is -0.148. The van der Waals surface area contributed by atoms with Gasteiger partial charge in [0.1, 0.15) is 0 Å². The fourth-order valence-corrected chi connectivity index (χ4v) is 1.93. The Hall–Kier alpha value is -1.56. The van der Waals surface area contributed by atoms with Gasteiger partial charge in [-0.2, -0.15) is 5.10 Å². The first-order chi connectivity index (χ1) is 7.58.